The van der Waals surface area contributed by atoms with Crippen molar-refractivity contribution < 1.29 is 17.9 Å². The molecule has 0 radical (unpaired) electrons. The number of halogens is 2. The predicted molar refractivity (Wildman–Crippen MR) is 105 cm³/mol. The van der Waals surface area contributed by atoms with E-state index in [4.69, 9.17) is 27.0 Å². The van der Waals surface area contributed by atoms with E-state index in [1.54, 1.807) is 36.4 Å². The number of benzene rings is 2. The number of carbonyl (C=O) groups excluding carboxylic acids is 1. The third-order valence-electron chi connectivity index (χ3n) is 3.81. The molecule has 0 aliphatic rings. The summed E-state index contributed by atoms with van der Waals surface area (Å²) < 4.78 is 29.0. The quantitative estimate of drug-likeness (QED) is 0.625. The van der Waals surface area contributed by atoms with Crippen molar-refractivity contribution in [1.29, 1.82) is 0 Å². The standard InChI is InChI=1S/C18H14Cl2N2O4S/c1-26-18-7-6-13-15(22-18)9-12(10-16(13)27(20,24)25)21-17(23)8-11-4-2-3-5-14(11)19/h2-7,9-10H,8H2,1H3,(H,21,23). The van der Waals surface area contributed by atoms with Crippen molar-refractivity contribution in [2.45, 2.75) is 11.3 Å². The molecule has 0 fully saturated rings. The average Bonchev–Trinajstić information content (AvgIpc) is 2.61. The van der Waals surface area contributed by atoms with Gasteiger partial charge in [0.1, 0.15) is 0 Å². The Labute approximate surface area is 165 Å². The first-order valence-corrected chi connectivity index (χ1v) is 10.4. The molecule has 140 valence electrons. The van der Waals surface area contributed by atoms with Crippen molar-refractivity contribution in [2.24, 2.45) is 0 Å². The van der Waals surface area contributed by atoms with Crippen LogP contribution in [-0.2, 0) is 20.3 Å². The molecule has 0 spiro atoms. The van der Waals surface area contributed by atoms with E-state index in [-0.39, 0.29) is 22.9 Å². The van der Waals surface area contributed by atoms with Crippen LogP contribution in [0.2, 0.25) is 5.02 Å². The monoisotopic (exact) mass is 424 g/mol. The van der Waals surface area contributed by atoms with E-state index >= 15 is 0 Å². The maximum atomic E-state index is 12.4. The third kappa shape index (κ3) is 4.50. The molecule has 0 unspecified atom stereocenters. The van der Waals surface area contributed by atoms with Crippen LogP contribution < -0.4 is 10.1 Å². The van der Waals surface area contributed by atoms with Crippen molar-refractivity contribution in [1.82, 2.24) is 4.98 Å². The highest BCUT2D eigenvalue weighted by Gasteiger charge is 2.18. The van der Waals surface area contributed by atoms with Crippen LogP contribution in [0.15, 0.2) is 53.4 Å². The van der Waals surface area contributed by atoms with Crippen molar-refractivity contribution >= 4 is 53.8 Å². The van der Waals surface area contributed by atoms with Gasteiger partial charge in [-0.05, 0) is 29.8 Å². The minimum Gasteiger partial charge on any atom is -0.481 e. The summed E-state index contributed by atoms with van der Waals surface area (Å²) in [5.41, 5.74) is 1.23. The summed E-state index contributed by atoms with van der Waals surface area (Å²) in [5, 5.41) is 3.46. The van der Waals surface area contributed by atoms with Crippen LogP contribution in [0.25, 0.3) is 10.9 Å². The Hall–Kier alpha value is -2.35. The smallest absolute Gasteiger partial charge is 0.262 e. The van der Waals surface area contributed by atoms with Crippen LogP contribution in [0.3, 0.4) is 0 Å². The molecule has 1 aromatic heterocycles. The number of nitrogens with zero attached hydrogens (tertiary/aromatic N) is 1. The fraction of sp³-hybridized carbons (Fsp3) is 0.111. The van der Waals surface area contributed by atoms with E-state index in [1.807, 2.05) is 0 Å². The highest BCUT2D eigenvalue weighted by molar-refractivity contribution is 8.14. The van der Waals surface area contributed by atoms with Crippen molar-refractivity contribution in [2.75, 3.05) is 12.4 Å². The lowest BCUT2D eigenvalue weighted by Gasteiger charge is -2.11. The molecule has 9 heteroatoms. The minimum atomic E-state index is -4.05. The Morgan fingerprint density at radius 1 is 1.19 bits per heavy atom. The molecule has 1 heterocycles. The number of anilines is 1. The SMILES string of the molecule is COc1ccc2c(S(=O)(=O)Cl)cc(NC(=O)Cc3ccccc3Cl)cc2n1. The van der Waals surface area contributed by atoms with Gasteiger partial charge in [-0.1, -0.05) is 29.8 Å². The molecule has 0 aliphatic heterocycles. The van der Waals surface area contributed by atoms with Crippen LogP contribution in [0.4, 0.5) is 5.69 Å². The highest BCUT2D eigenvalue weighted by Crippen LogP contribution is 2.30. The number of amides is 1. The molecule has 0 saturated heterocycles. The number of rotatable bonds is 5. The maximum Gasteiger partial charge on any atom is 0.262 e. The molecule has 0 saturated carbocycles. The van der Waals surface area contributed by atoms with Gasteiger partial charge in [0, 0.05) is 32.8 Å². The van der Waals surface area contributed by atoms with Crippen molar-refractivity contribution in [3.63, 3.8) is 0 Å². The normalized spacial score (nSPS) is 11.4. The van der Waals surface area contributed by atoms with Gasteiger partial charge in [-0.15, -0.1) is 0 Å². The molecule has 2 aromatic carbocycles. The first kappa shape index (κ1) is 19.4. The molecule has 1 N–H and O–H groups in total. The van der Waals surface area contributed by atoms with Gasteiger partial charge in [0.05, 0.1) is 23.9 Å². The zero-order valence-corrected chi connectivity index (χ0v) is 16.4. The average molecular weight is 425 g/mol. The van der Waals surface area contributed by atoms with E-state index < -0.39 is 9.05 Å². The number of hydrogen-bond acceptors (Lipinski definition) is 5. The lowest BCUT2D eigenvalue weighted by Crippen LogP contribution is -2.15. The fourth-order valence-electron chi connectivity index (χ4n) is 2.59. The Bertz CT molecular complexity index is 1130. The first-order valence-electron chi connectivity index (χ1n) is 7.74. The largest absolute Gasteiger partial charge is 0.481 e. The molecule has 3 rings (SSSR count). The van der Waals surface area contributed by atoms with Crippen LogP contribution in [0.5, 0.6) is 5.88 Å². The van der Waals surface area contributed by atoms with E-state index in [2.05, 4.69) is 10.3 Å². The van der Waals surface area contributed by atoms with Gasteiger partial charge in [-0.3, -0.25) is 4.79 Å². The fourth-order valence-corrected chi connectivity index (χ4v) is 3.88. The van der Waals surface area contributed by atoms with Gasteiger partial charge in [-0.25, -0.2) is 13.4 Å². The number of nitrogens with one attached hydrogen (secondary N) is 1. The zero-order chi connectivity index (χ0) is 19.6. The molecule has 27 heavy (non-hydrogen) atoms. The van der Waals surface area contributed by atoms with Gasteiger partial charge >= 0.3 is 0 Å². The number of aromatic nitrogens is 1. The topological polar surface area (TPSA) is 85.4 Å². The molecule has 0 aliphatic carbocycles. The second-order valence-electron chi connectivity index (χ2n) is 5.65. The summed E-state index contributed by atoms with van der Waals surface area (Å²) in [6.45, 7) is 0. The second kappa shape index (κ2) is 7.72. The lowest BCUT2D eigenvalue weighted by molar-refractivity contribution is -0.115. The van der Waals surface area contributed by atoms with Gasteiger partial charge in [-0.2, -0.15) is 0 Å². The molecular weight excluding hydrogens is 411 g/mol. The first-order chi connectivity index (χ1) is 12.8. The van der Waals surface area contributed by atoms with E-state index in [1.165, 1.54) is 19.2 Å². The summed E-state index contributed by atoms with van der Waals surface area (Å²) in [6.07, 6.45) is 0.0339. The summed E-state index contributed by atoms with van der Waals surface area (Å²) in [5.74, 6) is -0.0526. The number of methoxy groups -OCH3 is 1. The summed E-state index contributed by atoms with van der Waals surface area (Å²) >= 11 is 6.07. The minimum absolute atomic E-state index is 0.0339. The van der Waals surface area contributed by atoms with Gasteiger partial charge in [0.25, 0.3) is 9.05 Å². The summed E-state index contributed by atoms with van der Waals surface area (Å²) in [7, 11) is 2.95. The van der Waals surface area contributed by atoms with Gasteiger partial charge < -0.3 is 10.1 Å². The number of pyridine rings is 1. The maximum absolute atomic E-state index is 12.4. The van der Waals surface area contributed by atoms with Crippen LogP contribution in [0, 0.1) is 0 Å². The molecular formula is C18H14Cl2N2O4S. The molecule has 1 amide bonds. The Balaban J connectivity index is 1.98. The van der Waals surface area contributed by atoms with Gasteiger partial charge in [0.15, 0.2) is 0 Å². The zero-order valence-electron chi connectivity index (χ0n) is 14.1. The van der Waals surface area contributed by atoms with Crippen molar-refractivity contribution in [3.8, 4) is 5.88 Å². The summed E-state index contributed by atoms with van der Waals surface area (Å²) in [6, 6.07) is 12.9. The van der Waals surface area contributed by atoms with Crippen molar-refractivity contribution in [3.05, 3.63) is 59.1 Å². The number of hydrogen-bond donors (Lipinski definition) is 1. The lowest BCUT2D eigenvalue weighted by atomic mass is 10.1. The number of carbonyl (C=O) groups is 1. The molecule has 3 aromatic rings. The van der Waals surface area contributed by atoms with Crippen LogP contribution in [0.1, 0.15) is 5.56 Å². The Morgan fingerprint density at radius 2 is 1.93 bits per heavy atom. The van der Waals surface area contributed by atoms with Crippen LogP contribution in [-0.4, -0.2) is 26.4 Å². The van der Waals surface area contributed by atoms with Crippen LogP contribution >= 0.6 is 22.3 Å². The Morgan fingerprint density at radius 3 is 2.59 bits per heavy atom. The van der Waals surface area contributed by atoms with E-state index in [0.29, 0.717) is 27.4 Å². The van der Waals surface area contributed by atoms with Gasteiger partial charge in [0.2, 0.25) is 11.8 Å². The van der Waals surface area contributed by atoms with E-state index in [0.717, 1.165) is 0 Å². The molecule has 6 nitrogen and oxygen atoms in total. The third-order valence-corrected chi connectivity index (χ3v) is 5.54. The predicted octanol–water partition coefficient (Wildman–Crippen LogP) is 4.01. The number of ether oxygens (including phenoxy) is 1. The summed E-state index contributed by atoms with van der Waals surface area (Å²) in [4.78, 5) is 16.4. The van der Waals surface area contributed by atoms with E-state index in [9.17, 15) is 13.2 Å². The molecule has 0 atom stereocenters. The Kier molecular flexibility index (Phi) is 5.55. The second-order valence-corrected chi connectivity index (χ2v) is 8.59. The highest BCUT2D eigenvalue weighted by atomic mass is 35.7. The number of fused-ring (bicyclic) bond motifs is 1. The molecule has 0 bridgehead atoms.